The van der Waals surface area contributed by atoms with Gasteiger partial charge in [-0.25, -0.2) is 9.78 Å². The molecule has 8 heteroatoms. The average molecular weight is 331 g/mol. The molecule has 2 fully saturated rings. The predicted octanol–water partition coefficient (Wildman–Crippen LogP) is 0.254. The summed E-state index contributed by atoms with van der Waals surface area (Å²) >= 11 is 0. The van der Waals surface area contributed by atoms with E-state index in [1.165, 1.54) is 0 Å². The number of fused-ring (bicyclic) bond motifs is 1. The Kier molecular flexibility index (Phi) is 3.20. The zero-order chi connectivity index (χ0) is 17.1. The second-order valence-corrected chi connectivity index (χ2v) is 7.11. The minimum Gasteiger partial charge on any atom is -0.332 e. The van der Waals surface area contributed by atoms with Crippen molar-refractivity contribution in [3.63, 3.8) is 0 Å². The molecule has 1 aliphatic carbocycles. The summed E-state index contributed by atoms with van der Waals surface area (Å²) in [6, 6.07) is -0.461. The fraction of sp³-hybridized carbons (Fsp3) is 0.625. The van der Waals surface area contributed by atoms with E-state index in [-0.39, 0.29) is 24.3 Å². The molecule has 1 saturated heterocycles. The fourth-order valence-electron chi connectivity index (χ4n) is 3.64. The van der Waals surface area contributed by atoms with Crippen LogP contribution in [0.5, 0.6) is 0 Å². The molecule has 1 atom stereocenters. The van der Waals surface area contributed by atoms with Gasteiger partial charge in [-0.1, -0.05) is 0 Å². The highest BCUT2D eigenvalue weighted by Crippen LogP contribution is 2.42. The van der Waals surface area contributed by atoms with Gasteiger partial charge in [0.1, 0.15) is 17.9 Å². The number of imide groups is 1. The second kappa shape index (κ2) is 5.06. The Hall–Kier alpha value is -2.38. The summed E-state index contributed by atoms with van der Waals surface area (Å²) in [6.45, 7) is 5.13. The van der Waals surface area contributed by atoms with E-state index >= 15 is 0 Å². The van der Waals surface area contributed by atoms with E-state index in [9.17, 15) is 14.4 Å². The van der Waals surface area contributed by atoms with Gasteiger partial charge in [0, 0.05) is 19.3 Å². The third-order valence-electron chi connectivity index (χ3n) is 5.26. The van der Waals surface area contributed by atoms with Crippen molar-refractivity contribution in [2.75, 3.05) is 13.1 Å². The molecule has 0 radical (unpaired) electrons. The number of imidazole rings is 1. The lowest BCUT2D eigenvalue weighted by molar-refractivity contribution is -0.139. The van der Waals surface area contributed by atoms with Crippen molar-refractivity contribution < 1.29 is 14.4 Å². The molecule has 0 spiro atoms. The highest BCUT2D eigenvalue weighted by molar-refractivity contribution is 6.09. The zero-order valence-corrected chi connectivity index (χ0v) is 13.9. The van der Waals surface area contributed by atoms with Crippen LogP contribution in [0.15, 0.2) is 6.20 Å². The number of carbonyl (C=O) groups is 3. The van der Waals surface area contributed by atoms with Crippen LogP contribution in [0.4, 0.5) is 4.79 Å². The van der Waals surface area contributed by atoms with Crippen LogP contribution >= 0.6 is 0 Å². The molecule has 1 N–H and O–H groups in total. The van der Waals surface area contributed by atoms with E-state index < -0.39 is 11.6 Å². The van der Waals surface area contributed by atoms with Gasteiger partial charge in [-0.05, 0) is 32.6 Å². The maximum Gasteiger partial charge on any atom is 0.325 e. The van der Waals surface area contributed by atoms with E-state index in [4.69, 9.17) is 0 Å². The first kappa shape index (κ1) is 15.2. The van der Waals surface area contributed by atoms with Gasteiger partial charge in [0.05, 0.1) is 12.2 Å². The molecule has 3 heterocycles. The maximum atomic E-state index is 12.6. The van der Waals surface area contributed by atoms with Crippen molar-refractivity contribution in [3.8, 4) is 0 Å². The van der Waals surface area contributed by atoms with Crippen LogP contribution < -0.4 is 5.32 Å². The number of rotatable bonds is 3. The topological polar surface area (TPSA) is 87.5 Å². The van der Waals surface area contributed by atoms with Crippen molar-refractivity contribution in [2.45, 2.75) is 45.3 Å². The number of amides is 4. The minimum atomic E-state index is -0.841. The highest BCUT2D eigenvalue weighted by Gasteiger charge is 2.56. The van der Waals surface area contributed by atoms with Gasteiger partial charge in [0.25, 0.3) is 5.91 Å². The van der Waals surface area contributed by atoms with Gasteiger partial charge in [0.2, 0.25) is 5.91 Å². The lowest BCUT2D eigenvalue weighted by Crippen LogP contribution is -2.48. The molecule has 4 rings (SSSR count). The normalized spacial score (nSPS) is 26.6. The van der Waals surface area contributed by atoms with Gasteiger partial charge < -0.3 is 14.8 Å². The van der Waals surface area contributed by atoms with Crippen LogP contribution in [0.2, 0.25) is 0 Å². The zero-order valence-electron chi connectivity index (χ0n) is 13.9. The van der Waals surface area contributed by atoms with Gasteiger partial charge in [0.15, 0.2) is 0 Å². The summed E-state index contributed by atoms with van der Waals surface area (Å²) < 4.78 is 2.04. The van der Waals surface area contributed by atoms with E-state index in [0.717, 1.165) is 29.3 Å². The van der Waals surface area contributed by atoms with Gasteiger partial charge in [-0.15, -0.1) is 0 Å². The van der Waals surface area contributed by atoms with Crippen LogP contribution in [0.25, 0.3) is 0 Å². The van der Waals surface area contributed by atoms with E-state index in [2.05, 4.69) is 10.3 Å². The summed E-state index contributed by atoms with van der Waals surface area (Å²) in [6.07, 6.45) is 3.85. The highest BCUT2D eigenvalue weighted by atomic mass is 16.2. The summed E-state index contributed by atoms with van der Waals surface area (Å²) in [7, 11) is 0. The van der Waals surface area contributed by atoms with E-state index in [1.54, 1.807) is 11.8 Å². The average Bonchev–Trinajstić information content (AvgIpc) is 3.28. The van der Waals surface area contributed by atoms with Crippen molar-refractivity contribution in [2.24, 2.45) is 5.92 Å². The quantitative estimate of drug-likeness (QED) is 0.805. The molecule has 0 bridgehead atoms. The predicted molar refractivity (Wildman–Crippen MR) is 83.8 cm³/mol. The Morgan fingerprint density at radius 2 is 2.12 bits per heavy atom. The number of urea groups is 1. The molecular formula is C16H21N5O3. The number of aryl methyl sites for hydroxylation is 1. The first-order valence-electron chi connectivity index (χ1n) is 8.33. The van der Waals surface area contributed by atoms with Gasteiger partial charge in [-0.2, -0.15) is 0 Å². The first-order valence-corrected chi connectivity index (χ1v) is 8.33. The Bertz CT molecular complexity index is 738. The Labute approximate surface area is 139 Å². The second-order valence-electron chi connectivity index (χ2n) is 7.11. The van der Waals surface area contributed by atoms with Crippen LogP contribution in [-0.4, -0.2) is 55.8 Å². The number of hydrogen-bond donors (Lipinski definition) is 1. The Balaban J connectivity index is 1.45. The van der Waals surface area contributed by atoms with Gasteiger partial charge in [-0.3, -0.25) is 14.5 Å². The van der Waals surface area contributed by atoms with E-state index in [1.807, 2.05) is 17.7 Å². The minimum absolute atomic E-state index is 0.194. The van der Waals surface area contributed by atoms with Crippen LogP contribution in [0.1, 0.15) is 31.3 Å². The summed E-state index contributed by atoms with van der Waals surface area (Å²) in [5, 5.41) is 2.77. The van der Waals surface area contributed by atoms with Crippen molar-refractivity contribution in [1.82, 2.24) is 24.7 Å². The molecule has 1 saturated carbocycles. The molecular weight excluding hydrogens is 310 g/mol. The first-order chi connectivity index (χ1) is 11.4. The van der Waals surface area contributed by atoms with Crippen LogP contribution in [-0.2, 0) is 22.7 Å². The van der Waals surface area contributed by atoms with Crippen molar-refractivity contribution in [3.05, 3.63) is 17.7 Å². The van der Waals surface area contributed by atoms with Crippen LogP contribution in [0.3, 0.4) is 0 Å². The maximum absolute atomic E-state index is 12.6. The standard InChI is InChI=1S/C16H21N5O3/c1-10-7-19-5-6-20(8-12(19)17-10)13(22)9-21-14(23)16(2,11-3-4-11)18-15(21)24/h7,11H,3-6,8-9H2,1-2H3,(H,18,24). The third kappa shape index (κ3) is 2.28. The molecule has 128 valence electrons. The lowest BCUT2D eigenvalue weighted by Gasteiger charge is -2.29. The molecule has 0 aromatic carbocycles. The summed E-state index contributed by atoms with van der Waals surface area (Å²) in [4.78, 5) is 44.5. The molecule has 24 heavy (non-hydrogen) atoms. The largest absolute Gasteiger partial charge is 0.332 e. The smallest absolute Gasteiger partial charge is 0.325 e. The summed E-state index contributed by atoms with van der Waals surface area (Å²) in [5.41, 5.74) is 0.0840. The monoisotopic (exact) mass is 331 g/mol. The number of carbonyl (C=O) groups excluding carboxylic acids is 3. The number of nitrogens with zero attached hydrogens (tertiary/aromatic N) is 4. The molecule has 2 aliphatic heterocycles. The lowest BCUT2D eigenvalue weighted by atomic mass is 9.96. The molecule has 1 unspecified atom stereocenters. The fourth-order valence-corrected chi connectivity index (χ4v) is 3.64. The Morgan fingerprint density at radius 1 is 1.38 bits per heavy atom. The number of hydrogen-bond acceptors (Lipinski definition) is 4. The SMILES string of the molecule is Cc1cn2c(n1)CN(C(=O)CN1C(=O)NC(C)(C3CC3)C1=O)CC2. The van der Waals surface area contributed by atoms with Gasteiger partial charge >= 0.3 is 6.03 Å². The number of aromatic nitrogens is 2. The molecule has 1 aromatic rings. The molecule has 4 amide bonds. The third-order valence-corrected chi connectivity index (χ3v) is 5.26. The number of nitrogens with one attached hydrogen (secondary N) is 1. The Morgan fingerprint density at radius 3 is 2.83 bits per heavy atom. The molecule has 1 aromatic heterocycles. The van der Waals surface area contributed by atoms with Crippen molar-refractivity contribution in [1.29, 1.82) is 0 Å². The van der Waals surface area contributed by atoms with Crippen molar-refractivity contribution >= 4 is 17.8 Å². The summed E-state index contributed by atoms with van der Waals surface area (Å²) in [5.74, 6) is 0.537. The van der Waals surface area contributed by atoms with E-state index in [0.29, 0.717) is 19.6 Å². The molecule has 3 aliphatic rings. The van der Waals surface area contributed by atoms with Crippen LogP contribution in [0, 0.1) is 12.8 Å². The molecule has 8 nitrogen and oxygen atoms in total.